The highest BCUT2D eigenvalue weighted by Gasteiger charge is 2.22. The lowest BCUT2D eigenvalue weighted by molar-refractivity contribution is 0.168. The van der Waals surface area contributed by atoms with E-state index in [4.69, 9.17) is 26.9 Å². The molecule has 1 aliphatic heterocycles. The number of hydrogen-bond acceptors (Lipinski definition) is 5. The number of halogens is 1. The first-order valence-corrected chi connectivity index (χ1v) is 7.56. The van der Waals surface area contributed by atoms with Crippen molar-refractivity contribution in [1.82, 2.24) is 5.43 Å². The topological polar surface area (TPSA) is 56.5 Å². The maximum absolute atomic E-state index is 5.97. The molecule has 0 saturated carbocycles. The van der Waals surface area contributed by atoms with Crippen molar-refractivity contribution in [3.8, 4) is 11.5 Å². The van der Waals surface area contributed by atoms with Crippen molar-refractivity contribution in [2.45, 2.75) is 12.5 Å². The molecule has 0 bridgehead atoms. The molecule has 1 aromatic carbocycles. The average Bonchev–Trinajstić information content (AvgIpc) is 2.89. The van der Waals surface area contributed by atoms with Crippen LogP contribution in [-0.4, -0.2) is 13.2 Å². The van der Waals surface area contributed by atoms with Crippen LogP contribution in [0, 0.1) is 0 Å². The molecule has 0 amide bonds. The lowest BCUT2D eigenvalue weighted by Crippen LogP contribution is -2.30. The van der Waals surface area contributed by atoms with Crippen LogP contribution in [-0.2, 0) is 6.42 Å². The van der Waals surface area contributed by atoms with E-state index in [0.29, 0.717) is 13.2 Å². The minimum absolute atomic E-state index is 0.0404. The van der Waals surface area contributed by atoms with Crippen molar-refractivity contribution in [3.05, 3.63) is 45.1 Å². The molecule has 1 atom stereocenters. The molecule has 0 spiro atoms. The number of hydrazine groups is 1. The molecular formula is C14H15ClN2O2S. The number of fused-ring (bicyclic) bond motifs is 1. The number of hydrogen-bond donors (Lipinski definition) is 2. The van der Waals surface area contributed by atoms with Gasteiger partial charge in [-0.15, -0.1) is 11.3 Å². The normalized spacial score (nSPS) is 15.1. The van der Waals surface area contributed by atoms with E-state index in [1.165, 1.54) is 4.88 Å². The van der Waals surface area contributed by atoms with Crippen LogP contribution >= 0.6 is 22.9 Å². The van der Waals surface area contributed by atoms with Gasteiger partial charge in [0.15, 0.2) is 11.5 Å². The van der Waals surface area contributed by atoms with E-state index in [1.807, 2.05) is 30.3 Å². The van der Waals surface area contributed by atoms with Crippen molar-refractivity contribution in [2.24, 2.45) is 5.84 Å². The number of ether oxygens (including phenoxy) is 2. The maximum atomic E-state index is 5.97. The fourth-order valence-corrected chi connectivity index (χ4v) is 3.42. The van der Waals surface area contributed by atoms with Crippen molar-refractivity contribution in [3.63, 3.8) is 0 Å². The van der Waals surface area contributed by atoms with E-state index in [1.54, 1.807) is 11.3 Å². The molecule has 2 heterocycles. The summed E-state index contributed by atoms with van der Waals surface area (Å²) >= 11 is 7.53. The van der Waals surface area contributed by atoms with Gasteiger partial charge in [-0.1, -0.05) is 23.7 Å². The maximum Gasteiger partial charge on any atom is 0.166 e. The Morgan fingerprint density at radius 3 is 2.85 bits per heavy atom. The third kappa shape index (κ3) is 2.76. The van der Waals surface area contributed by atoms with Gasteiger partial charge < -0.3 is 9.47 Å². The fraction of sp³-hybridized carbons (Fsp3) is 0.286. The highest BCUT2D eigenvalue weighted by Crippen LogP contribution is 2.38. The molecule has 106 valence electrons. The Bertz CT molecular complexity index is 603. The molecule has 1 unspecified atom stereocenters. The molecule has 1 aliphatic rings. The van der Waals surface area contributed by atoms with Gasteiger partial charge in [0.05, 0.1) is 10.4 Å². The Labute approximate surface area is 126 Å². The molecule has 0 fully saturated rings. The zero-order chi connectivity index (χ0) is 13.9. The highest BCUT2D eigenvalue weighted by molar-refractivity contribution is 7.16. The van der Waals surface area contributed by atoms with Crippen molar-refractivity contribution >= 4 is 22.9 Å². The predicted octanol–water partition coefficient (Wildman–Crippen LogP) is 2.92. The standard InChI is InChI=1S/C14H15ClN2O2S/c15-13-5-4-9(20-13)8-11(17-16)10-2-1-3-12-14(10)19-7-6-18-12/h1-5,11,17H,6-8,16H2. The summed E-state index contributed by atoms with van der Waals surface area (Å²) < 4.78 is 12.1. The van der Waals surface area contributed by atoms with Gasteiger partial charge in [-0.2, -0.15) is 0 Å². The molecular weight excluding hydrogens is 296 g/mol. The lowest BCUT2D eigenvalue weighted by atomic mass is 10.0. The van der Waals surface area contributed by atoms with Crippen molar-refractivity contribution in [1.29, 1.82) is 0 Å². The van der Waals surface area contributed by atoms with Gasteiger partial charge in [-0.3, -0.25) is 11.3 Å². The molecule has 4 nitrogen and oxygen atoms in total. The largest absolute Gasteiger partial charge is 0.486 e. The van der Waals surface area contributed by atoms with Gasteiger partial charge in [0.25, 0.3) is 0 Å². The van der Waals surface area contributed by atoms with Crippen LogP contribution in [0.4, 0.5) is 0 Å². The van der Waals surface area contributed by atoms with Crippen LogP contribution in [0.2, 0.25) is 4.34 Å². The Balaban J connectivity index is 1.89. The smallest absolute Gasteiger partial charge is 0.166 e. The summed E-state index contributed by atoms with van der Waals surface area (Å²) in [5.41, 5.74) is 3.86. The number of thiophene rings is 1. The van der Waals surface area contributed by atoms with Crippen molar-refractivity contribution in [2.75, 3.05) is 13.2 Å². The first-order valence-electron chi connectivity index (χ1n) is 6.37. The Morgan fingerprint density at radius 1 is 1.25 bits per heavy atom. The SMILES string of the molecule is NNC(Cc1ccc(Cl)s1)c1cccc2c1OCCO2. The van der Waals surface area contributed by atoms with Crippen molar-refractivity contribution < 1.29 is 9.47 Å². The average molecular weight is 311 g/mol. The highest BCUT2D eigenvalue weighted by atomic mass is 35.5. The molecule has 2 aromatic rings. The van der Waals surface area contributed by atoms with Crippen LogP contribution < -0.4 is 20.7 Å². The number of para-hydroxylation sites is 1. The second kappa shape index (κ2) is 6.01. The lowest BCUT2D eigenvalue weighted by Gasteiger charge is -2.24. The van der Waals surface area contributed by atoms with Gasteiger partial charge in [0, 0.05) is 16.9 Å². The third-order valence-electron chi connectivity index (χ3n) is 3.21. The van der Waals surface area contributed by atoms with Crippen LogP contribution in [0.3, 0.4) is 0 Å². The summed E-state index contributed by atoms with van der Waals surface area (Å²) in [7, 11) is 0. The van der Waals surface area contributed by atoms with E-state index in [0.717, 1.165) is 27.8 Å². The van der Waals surface area contributed by atoms with E-state index >= 15 is 0 Å². The van der Waals surface area contributed by atoms with E-state index < -0.39 is 0 Å². The summed E-state index contributed by atoms with van der Waals surface area (Å²) in [4.78, 5) is 1.17. The van der Waals surface area contributed by atoms with Crippen LogP contribution in [0.25, 0.3) is 0 Å². The molecule has 3 N–H and O–H groups in total. The first-order chi connectivity index (χ1) is 9.78. The second-order valence-electron chi connectivity index (χ2n) is 4.50. The van der Waals surface area contributed by atoms with Crippen LogP contribution in [0.1, 0.15) is 16.5 Å². The van der Waals surface area contributed by atoms with Gasteiger partial charge in [0.2, 0.25) is 0 Å². The first kappa shape index (κ1) is 13.7. The quantitative estimate of drug-likeness (QED) is 0.673. The number of rotatable bonds is 4. The molecule has 0 aliphatic carbocycles. The van der Waals surface area contributed by atoms with Gasteiger partial charge in [-0.25, -0.2) is 0 Å². The fourth-order valence-electron chi connectivity index (χ4n) is 2.29. The van der Waals surface area contributed by atoms with E-state index in [9.17, 15) is 0 Å². The van der Waals surface area contributed by atoms with E-state index in [-0.39, 0.29) is 6.04 Å². The summed E-state index contributed by atoms with van der Waals surface area (Å²) in [6.07, 6.45) is 0.758. The Kier molecular flexibility index (Phi) is 4.12. The zero-order valence-corrected chi connectivity index (χ0v) is 12.3. The van der Waals surface area contributed by atoms with Crippen LogP contribution in [0.15, 0.2) is 30.3 Å². The zero-order valence-electron chi connectivity index (χ0n) is 10.8. The van der Waals surface area contributed by atoms with Gasteiger partial charge >= 0.3 is 0 Å². The molecule has 20 heavy (non-hydrogen) atoms. The second-order valence-corrected chi connectivity index (χ2v) is 6.30. The molecule has 3 rings (SSSR count). The summed E-state index contributed by atoms with van der Waals surface area (Å²) in [5.74, 6) is 7.28. The number of nitrogens with one attached hydrogen (secondary N) is 1. The minimum Gasteiger partial charge on any atom is -0.486 e. The third-order valence-corrected chi connectivity index (χ3v) is 4.46. The predicted molar refractivity (Wildman–Crippen MR) is 80.5 cm³/mol. The monoisotopic (exact) mass is 310 g/mol. The van der Waals surface area contributed by atoms with E-state index in [2.05, 4.69) is 5.43 Å². The Morgan fingerprint density at radius 2 is 2.10 bits per heavy atom. The summed E-state index contributed by atoms with van der Waals surface area (Å²) in [6.45, 7) is 1.14. The number of benzene rings is 1. The summed E-state index contributed by atoms with van der Waals surface area (Å²) in [5, 5.41) is 0. The van der Waals surface area contributed by atoms with Crippen LogP contribution in [0.5, 0.6) is 11.5 Å². The number of nitrogens with two attached hydrogens (primary N) is 1. The molecule has 0 saturated heterocycles. The molecule has 1 aromatic heterocycles. The minimum atomic E-state index is -0.0404. The molecule has 6 heteroatoms. The van der Waals surface area contributed by atoms with Gasteiger partial charge in [-0.05, 0) is 18.2 Å². The van der Waals surface area contributed by atoms with Gasteiger partial charge in [0.1, 0.15) is 13.2 Å². The summed E-state index contributed by atoms with van der Waals surface area (Å²) in [6, 6.07) is 9.75. The Hall–Kier alpha value is -1.27. The molecule has 0 radical (unpaired) electrons.